The number of hydrogen-bond acceptors (Lipinski definition) is 4. The molecule has 0 saturated heterocycles. The van der Waals surface area contributed by atoms with Gasteiger partial charge < -0.3 is 21.1 Å². The zero-order valence-electron chi connectivity index (χ0n) is 10.9. The first kappa shape index (κ1) is 16.8. The van der Waals surface area contributed by atoms with Crippen LogP contribution in [0.3, 0.4) is 0 Å². The number of aliphatic hydroxyl groups is 3. The third kappa shape index (κ3) is 7.71. The van der Waals surface area contributed by atoms with Crippen molar-refractivity contribution in [1.82, 2.24) is 0 Å². The first-order valence-corrected chi connectivity index (χ1v) is 6.77. The normalized spacial score (nSPS) is 12.0. The number of rotatable bonds is 12. The van der Waals surface area contributed by atoms with Crippen LogP contribution in [0.4, 0.5) is 0 Å². The average Bonchev–Trinajstić information content (AvgIpc) is 2.37. The van der Waals surface area contributed by atoms with Gasteiger partial charge in [-0.15, -0.1) is 0 Å². The molecule has 0 aliphatic rings. The second-order valence-corrected chi connectivity index (χ2v) is 4.87. The summed E-state index contributed by atoms with van der Waals surface area (Å²) in [5.41, 5.74) is 5.72. The van der Waals surface area contributed by atoms with Crippen molar-refractivity contribution >= 4 is 0 Å². The standard InChI is InChI=1S/C13H29NO3/c14-9-1-5-13(6-2-10-15,7-3-11-16)8-4-12-17/h15-17H,1-12,14H2. The Morgan fingerprint density at radius 1 is 0.647 bits per heavy atom. The predicted octanol–water partition coefficient (Wildman–Crippen LogP) is 1.03. The molecule has 0 fully saturated rings. The maximum Gasteiger partial charge on any atom is 0.0431 e. The van der Waals surface area contributed by atoms with Crippen molar-refractivity contribution in [3.8, 4) is 0 Å². The summed E-state index contributed by atoms with van der Waals surface area (Å²) in [7, 11) is 0. The summed E-state index contributed by atoms with van der Waals surface area (Å²) in [5, 5.41) is 26.9. The summed E-state index contributed by atoms with van der Waals surface area (Å²) in [4.78, 5) is 0. The van der Waals surface area contributed by atoms with Gasteiger partial charge in [0.1, 0.15) is 0 Å². The molecule has 0 saturated carbocycles. The molecule has 0 bridgehead atoms. The molecule has 0 aromatic rings. The minimum atomic E-state index is 0.146. The molecule has 0 rings (SSSR count). The Morgan fingerprint density at radius 3 is 1.29 bits per heavy atom. The Kier molecular flexibility index (Phi) is 10.9. The molecule has 0 spiro atoms. The quantitative estimate of drug-likeness (QED) is 0.415. The second kappa shape index (κ2) is 11.0. The molecule has 0 unspecified atom stereocenters. The van der Waals surface area contributed by atoms with Crippen LogP contribution in [0.25, 0.3) is 0 Å². The van der Waals surface area contributed by atoms with E-state index in [1.54, 1.807) is 0 Å². The van der Waals surface area contributed by atoms with Crippen LogP contribution in [0.5, 0.6) is 0 Å². The summed E-state index contributed by atoms with van der Waals surface area (Å²) in [6, 6.07) is 0. The molecule has 4 nitrogen and oxygen atoms in total. The van der Waals surface area contributed by atoms with Gasteiger partial charge in [0.2, 0.25) is 0 Å². The molecule has 0 radical (unpaired) electrons. The lowest BCUT2D eigenvalue weighted by Gasteiger charge is -2.34. The van der Waals surface area contributed by atoms with Gasteiger partial charge in [-0.1, -0.05) is 0 Å². The summed E-state index contributed by atoms with van der Waals surface area (Å²) in [6.07, 6.45) is 7.27. The van der Waals surface area contributed by atoms with Crippen molar-refractivity contribution in [1.29, 1.82) is 0 Å². The maximum absolute atomic E-state index is 8.98. The number of hydrogen-bond donors (Lipinski definition) is 4. The Balaban J connectivity index is 4.39. The van der Waals surface area contributed by atoms with E-state index >= 15 is 0 Å². The van der Waals surface area contributed by atoms with E-state index in [-0.39, 0.29) is 25.2 Å². The maximum atomic E-state index is 8.98. The Hall–Kier alpha value is -0.160. The van der Waals surface area contributed by atoms with Crippen LogP contribution >= 0.6 is 0 Å². The molecule has 104 valence electrons. The molecule has 17 heavy (non-hydrogen) atoms. The van der Waals surface area contributed by atoms with Crippen LogP contribution in [0.1, 0.15) is 51.4 Å². The average molecular weight is 247 g/mol. The molecule has 0 aliphatic heterocycles. The highest BCUT2D eigenvalue weighted by Crippen LogP contribution is 2.39. The third-order valence-electron chi connectivity index (χ3n) is 3.51. The molecule has 0 atom stereocenters. The second-order valence-electron chi connectivity index (χ2n) is 4.87. The van der Waals surface area contributed by atoms with Crippen LogP contribution in [0.15, 0.2) is 0 Å². The molecule has 5 N–H and O–H groups in total. The van der Waals surface area contributed by atoms with E-state index in [4.69, 9.17) is 21.1 Å². The highest BCUT2D eigenvalue weighted by molar-refractivity contribution is 4.79. The molecule has 0 aromatic heterocycles. The van der Waals surface area contributed by atoms with Crippen molar-refractivity contribution in [3.05, 3.63) is 0 Å². The zero-order chi connectivity index (χ0) is 13.0. The van der Waals surface area contributed by atoms with Gasteiger partial charge in [-0.2, -0.15) is 0 Å². The molecule has 0 heterocycles. The summed E-state index contributed by atoms with van der Waals surface area (Å²) in [5.74, 6) is 0. The summed E-state index contributed by atoms with van der Waals surface area (Å²) in [6.45, 7) is 1.31. The van der Waals surface area contributed by atoms with Crippen molar-refractivity contribution in [2.45, 2.75) is 51.4 Å². The molecule has 0 aliphatic carbocycles. The highest BCUT2D eigenvalue weighted by Gasteiger charge is 2.27. The van der Waals surface area contributed by atoms with E-state index in [0.29, 0.717) is 6.54 Å². The lowest BCUT2D eigenvalue weighted by atomic mass is 9.72. The topological polar surface area (TPSA) is 86.7 Å². The third-order valence-corrected chi connectivity index (χ3v) is 3.51. The minimum Gasteiger partial charge on any atom is -0.396 e. The van der Waals surface area contributed by atoms with Gasteiger partial charge in [-0.3, -0.25) is 0 Å². The highest BCUT2D eigenvalue weighted by atomic mass is 16.3. The lowest BCUT2D eigenvalue weighted by molar-refractivity contribution is 0.135. The fraction of sp³-hybridized carbons (Fsp3) is 1.00. The molecule has 0 amide bonds. The first-order chi connectivity index (χ1) is 8.24. The van der Waals surface area contributed by atoms with Gasteiger partial charge in [0.15, 0.2) is 0 Å². The fourth-order valence-electron chi connectivity index (χ4n) is 2.59. The predicted molar refractivity (Wildman–Crippen MR) is 69.7 cm³/mol. The summed E-state index contributed by atoms with van der Waals surface area (Å²) < 4.78 is 0. The SMILES string of the molecule is NCCCC(CCCO)(CCCO)CCCO. The van der Waals surface area contributed by atoms with Gasteiger partial charge in [0, 0.05) is 19.8 Å². The Bertz CT molecular complexity index is 127. The lowest BCUT2D eigenvalue weighted by Crippen LogP contribution is -2.24. The van der Waals surface area contributed by atoms with Crippen molar-refractivity contribution in [2.75, 3.05) is 26.4 Å². The van der Waals surface area contributed by atoms with Crippen LogP contribution in [0, 0.1) is 5.41 Å². The van der Waals surface area contributed by atoms with Crippen LogP contribution in [0.2, 0.25) is 0 Å². The fourth-order valence-corrected chi connectivity index (χ4v) is 2.59. The van der Waals surface area contributed by atoms with Gasteiger partial charge in [-0.05, 0) is 63.3 Å². The van der Waals surface area contributed by atoms with Gasteiger partial charge in [0.05, 0.1) is 0 Å². The van der Waals surface area contributed by atoms with Crippen molar-refractivity contribution < 1.29 is 15.3 Å². The molecular weight excluding hydrogens is 218 g/mol. The molecular formula is C13H29NO3. The van der Waals surface area contributed by atoms with E-state index in [9.17, 15) is 0 Å². The monoisotopic (exact) mass is 247 g/mol. The van der Waals surface area contributed by atoms with E-state index < -0.39 is 0 Å². The first-order valence-electron chi connectivity index (χ1n) is 6.77. The summed E-state index contributed by atoms with van der Waals surface area (Å²) >= 11 is 0. The largest absolute Gasteiger partial charge is 0.396 e. The minimum absolute atomic E-state index is 0.146. The zero-order valence-corrected chi connectivity index (χ0v) is 10.9. The van der Waals surface area contributed by atoms with Crippen LogP contribution in [-0.2, 0) is 0 Å². The molecule has 4 heteroatoms. The molecule has 0 aromatic carbocycles. The van der Waals surface area contributed by atoms with Crippen LogP contribution < -0.4 is 5.73 Å². The number of aliphatic hydroxyl groups excluding tert-OH is 3. The van der Waals surface area contributed by atoms with E-state index in [1.807, 2.05) is 0 Å². The Labute approximate surface area is 105 Å². The van der Waals surface area contributed by atoms with Crippen molar-refractivity contribution in [3.63, 3.8) is 0 Å². The van der Waals surface area contributed by atoms with E-state index in [1.165, 1.54) is 0 Å². The van der Waals surface area contributed by atoms with Gasteiger partial charge in [0.25, 0.3) is 0 Å². The number of nitrogens with two attached hydrogens (primary N) is 1. The van der Waals surface area contributed by atoms with Gasteiger partial charge >= 0.3 is 0 Å². The van der Waals surface area contributed by atoms with Gasteiger partial charge in [-0.25, -0.2) is 0 Å². The Morgan fingerprint density at radius 2 is 1.00 bits per heavy atom. The van der Waals surface area contributed by atoms with Crippen LogP contribution in [-0.4, -0.2) is 41.7 Å². The van der Waals surface area contributed by atoms with E-state index in [0.717, 1.165) is 51.4 Å². The smallest absolute Gasteiger partial charge is 0.0431 e. The van der Waals surface area contributed by atoms with Crippen molar-refractivity contribution in [2.24, 2.45) is 11.1 Å². The van der Waals surface area contributed by atoms with E-state index in [2.05, 4.69) is 0 Å².